The van der Waals surface area contributed by atoms with Crippen molar-refractivity contribution in [3.8, 4) is 5.75 Å². The van der Waals surface area contributed by atoms with E-state index in [-0.39, 0.29) is 17.8 Å². The number of hydrogen-bond acceptors (Lipinski definition) is 6. The number of rotatable bonds is 3. The minimum atomic E-state index is -0.165. The number of anilines is 2. The van der Waals surface area contributed by atoms with E-state index in [9.17, 15) is 4.79 Å². The molecule has 2 aliphatic heterocycles. The van der Waals surface area contributed by atoms with Gasteiger partial charge in [0.2, 0.25) is 5.82 Å². The summed E-state index contributed by atoms with van der Waals surface area (Å²) in [5, 5.41) is 0. The van der Waals surface area contributed by atoms with E-state index in [1.807, 2.05) is 32.0 Å². The normalized spacial score (nSPS) is 18.9. The molecule has 0 spiro atoms. The number of aromatic nitrogens is 2. The molecule has 1 aromatic carbocycles. The Labute approximate surface area is 165 Å². The molecule has 0 saturated carbocycles. The molecular weight excluding hydrogens is 354 g/mol. The van der Waals surface area contributed by atoms with Gasteiger partial charge in [-0.15, -0.1) is 0 Å². The van der Waals surface area contributed by atoms with Crippen LogP contribution in [0.2, 0.25) is 0 Å². The number of benzene rings is 1. The van der Waals surface area contributed by atoms with E-state index in [1.54, 1.807) is 12.0 Å². The van der Waals surface area contributed by atoms with Gasteiger partial charge in [-0.3, -0.25) is 4.79 Å². The lowest BCUT2D eigenvalue weighted by molar-refractivity contribution is 0.0975. The molecule has 1 saturated heterocycles. The minimum absolute atomic E-state index is 0.148. The predicted octanol–water partition coefficient (Wildman–Crippen LogP) is 2.23. The van der Waals surface area contributed by atoms with Crippen LogP contribution in [0.15, 0.2) is 18.2 Å². The van der Waals surface area contributed by atoms with E-state index < -0.39 is 0 Å². The van der Waals surface area contributed by atoms with Crippen molar-refractivity contribution in [2.75, 3.05) is 36.5 Å². The molecule has 7 nitrogen and oxygen atoms in total. The van der Waals surface area contributed by atoms with Gasteiger partial charge in [0.05, 0.1) is 12.8 Å². The summed E-state index contributed by atoms with van der Waals surface area (Å²) in [6.45, 7) is 6.20. The highest BCUT2D eigenvalue weighted by molar-refractivity contribution is 6.04. The first-order chi connectivity index (χ1) is 13.5. The third-order valence-electron chi connectivity index (χ3n) is 5.74. The Morgan fingerprint density at radius 2 is 2.07 bits per heavy atom. The molecule has 1 aromatic heterocycles. The van der Waals surface area contributed by atoms with Crippen LogP contribution in [-0.4, -0.2) is 48.7 Å². The number of ether oxygens (including phenoxy) is 1. The fourth-order valence-electron chi connectivity index (χ4n) is 4.01. The number of nitrogens with two attached hydrogens (primary N) is 1. The number of amides is 1. The van der Waals surface area contributed by atoms with Crippen LogP contribution in [0.5, 0.6) is 5.75 Å². The SMILES string of the molecule is COc1ccc2c(c1)N(C(=O)c1nc(C)c(C)c(N3CC[C@@H](N)C3)n1)CCC2. The van der Waals surface area contributed by atoms with Gasteiger partial charge >= 0.3 is 0 Å². The highest BCUT2D eigenvalue weighted by atomic mass is 16.5. The van der Waals surface area contributed by atoms with E-state index >= 15 is 0 Å². The zero-order chi connectivity index (χ0) is 19.8. The molecule has 2 N–H and O–H groups in total. The Morgan fingerprint density at radius 1 is 1.25 bits per heavy atom. The van der Waals surface area contributed by atoms with Crippen molar-refractivity contribution in [2.24, 2.45) is 5.73 Å². The first-order valence-corrected chi connectivity index (χ1v) is 9.82. The molecule has 1 fully saturated rings. The molecule has 1 amide bonds. The summed E-state index contributed by atoms with van der Waals surface area (Å²) < 4.78 is 5.36. The lowest BCUT2D eigenvalue weighted by Gasteiger charge is -2.30. The lowest BCUT2D eigenvalue weighted by atomic mass is 10.0. The zero-order valence-electron chi connectivity index (χ0n) is 16.7. The molecule has 28 heavy (non-hydrogen) atoms. The smallest absolute Gasteiger partial charge is 0.296 e. The zero-order valence-corrected chi connectivity index (χ0v) is 16.7. The van der Waals surface area contributed by atoms with Gasteiger partial charge in [0.25, 0.3) is 5.91 Å². The van der Waals surface area contributed by atoms with Crippen LogP contribution in [0.25, 0.3) is 0 Å². The van der Waals surface area contributed by atoms with Gasteiger partial charge in [-0.1, -0.05) is 6.07 Å². The second-order valence-corrected chi connectivity index (χ2v) is 7.63. The van der Waals surface area contributed by atoms with Crippen LogP contribution in [0.1, 0.15) is 40.3 Å². The standard InChI is InChI=1S/C21H27N5O2/c1-13-14(2)23-19(24-20(13)25-10-8-16(22)12-25)21(27)26-9-4-5-15-6-7-17(28-3)11-18(15)26/h6-7,11,16H,4-5,8-10,12,22H2,1-3H3/t16-/m1/s1. The average molecular weight is 381 g/mol. The number of hydrogen-bond donors (Lipinski definition) is 1. The van der Waals surface area contributed by atoms with E-state index in [0.29, 0.717) is 6.54 Å². The maximum absolute atomic E-state index is 13.4. The molecule has 3 heterocycles. The fraction of sp³-hybridized carbons (Fsp3) is 0.476. The molecule has 0 bridgehead atoms. The predicted molar refractivity (Wildman–Crippen MR) is 109 cm³/mol. The lowest BCUT2D eigenvalue weighted by Crippen LogP contribution is -2.37. The molecular formula is C21H27N5O2. The van der Waals surface area contributed by atoms with Crippen molar-refractivity contribution >= 4 is 17.4 Å². The van der Waals surface area contributed by atoms with E-state index in [0.717, 1.165) is 66.4 Å². The molecule has 2 aliphatic rings. The van der Waals surface area contributed by atoms with Crippen LogP contribution < -0.4 is 20.3 Å². The maximum Gasteiger partial charge on any atom is 0.296 e. The molecule has 0 radical (unpaired) electrons. The summed E-state index contributed by atoms with van der Waals surface area (Å²) in [6, 6.07) is 6.05. The second-order valence-electron chi connectivity index (χ2n) is 7.63. The van der Waals surface area contributed by atoms with Crippen molar-refractivity contribution in [3.63, 3.8) is 0 Å². The van der Waals surface area contributed by atoms with Crippen molar-refractivity contribution < 1.29 is 9.53 Å². The van der Waals surface area contributed by atoms with Gasteiger partial charge in [-0.2, -0.15) is 0 Å². The van der Waals surface area contributed by atoms with Crippen LogP contribution in [0.3, 0.4) is 0 Å². The van der Waals surface area contributed by atoms with Crippen molar-refractivity contribution in [2.45, 2.75) is 39.2 Å². The van der Waals surface area contributed by atoms with Gasteiger partial charge in [0.1, 0.15) is 11.6 Å². The summed E-state index contributed by atoms with van der Waals surface area (Å²) in [4.78, 5) is 26.5. The summed E-state index contributed by atoms with van der Waals surface area (Å²) >= 11 is 0. The molecule has 148 valence electrons. The Hall–Kier alpha value is -2.67. The van der Waals surface area contributed by atoms with Crippen LogP contribution in [-0.2, 0) is 6.42 Å². The van der Waals surface area contributed by atoms with Gasteiger partial charge in [-0.25, -0.2) is 9.97 Å². The van der Waals surface area contributed by atoms with Crippen molar-refractivity contribution in [1.29, 1.82) is 0 Å². The van der Waals surface area contributed by atoms with Crippen molar-refractivity contribution in [1.82, 2.24) is 9.97 Å². The third-order valence-corrected chi connectivity index (χ3v) is 5.74. The molecule has 0 unspecified atom stereocenters. The minimum Gasteiger partial charge on any atom is -0.497 e. The van der Waals surface area contributed by atoms with E-state index in [1.165, 1.54) is 0 Å². The third kappa shape index (κ3) is 3.30. The maximum atomic E-state index is 13.4. The van der Waals surface area contributed by atoms with Gasteiger partial charge in [0.15, 0.2) is 0 Å². The Balaban J connectivity index is 1.71. The summed E-state index contributed by atoms with van der Waals surface area (Å²) in [7, 11) is 1.64. The molecule has 4 rings (SSSR count). The quantitative estimate of drug-likeness (QED) is 0.878. The Kier molecular flexibility index (Phi) is 4.93. The van der Waals surface area contributed by atoms with Gasteiger partial charge < -0.3 is 20.3 Å². The highest BCUT2D eigenvalue weighted by Crippen LogP contribution is 2.32. The number of aryl methyl sites for hydroxylation is 2. The first kappa shape index (κ1) is 18.7. The first-order valence-electron chi connectivity index (χ1n) is 9.82. The van der Waals surface area contributed by atoms with Crippen LogP contribution >= 0.6 is 0 Å². The monoisotopic (exact) mass is 381 g/mol. The van der Waals surface area contributed by atoms with E-state index in [2.05, 4.69) is 14.9 Å². The summed E-state index contributed by atoms with van der Waals surface area (Å²) in [5.41, 5.74) is 9.95. The summed E-state index contributed by atoms with van der Waals surface area (Å²) in [6.07, 6.45) is 2.81. The molecule has 0 aliphatic carbocycles. The fourth-order valence-corrected chi connectivity index (χ4v) is 4.01. The van der Waals surface area contributed by atoms with Gasteiger partial charge in [-0.05, 0) is 44.7 Å². The number of fused-ring (bicyclic) bond motifs is 1. The van der Waals surface area contributed by atoms with E-state index in [4.69, 9.17) is 10.5 Å². The van der Waals surface area contributed by atoms with Crippen LogP contribution in [0, 0.1) is 13.8 Å². The molecule has 7 heteroatoms. The Morgan fingerprint density at radius 3 is 2.79 bits per heavy atom. The number of carbonyl (C=O) groups is 1. The van der Waals surface area contributed by atoms with Crippen LogP contribution in [0.4, 0.5) is 11.5 Å². The molecule has 2 aromatic rings. The topological polar surface area (TPSA) is 84.6 Å². The van der Waals surface area contributed by atoms with Gasteiger partial charge in [0, 0.05) is 43.0 Å². The average Bonchev–Trinajstić information content (AvgIpc) is 3.14. The Bertz CT molecular complexity index is 914. The summed E-state index contributed by atoms with van der Waals surface area (Å²) in [5.74, 6) is 1.65. The number of nitrogens with zero attached hydrogens (tertiary/aromatic N) is 4. The molecule has 1 atom stereocenters. The number of carbonyl (C=O) groups excluding carboxylic acids is 1. The van der Waals surface area contributed by atoms with Crippen molar-refractivity contribution in [3.05, 3.63) is 40.8 Å². The second kappa shape index (κ2) is 7.39. The number of methoxy groups -OCH3 is 1. The largest absolute Gasteiger partial charge is 0.497 e. The highest BCUT2D eigenvalue weighted by Gasteiger charge is 2.29.